The van der Waals surface area contributed by atoms with Crippen LogP contribution in [0.15, 0.2) is 18.2 Å². The number of hydrogen-bond acceptors (Lipinski definition) is 2. The molecule has 104 valence electrons. The minimum atomic E-state index is 0.652. The Hall–Kier alpha value is -1.02. The van der Waals surface area contributed by atoms with Gasteiger partial charge in [-0.25, -0.2) is 0 Å². The highest BCUT2D eigenvalue weighted by Crippen LogP contribution is 2.39. The van der Waals surface area contributed by atoms with Crippen LogP contribution in [0.2, 0.25) is 0 Å². The van der Waals surface area contributed by atoms with Crippen LogP contribution in [0, 0.1) is 0 Å². The summed E-state index contributed by atoms with van der Waals surface area (Å²) < 4.78 is 0. The first-order valence-electron chi connectivity index (χ1n) is 7.93. The summed E-state index contributed by atoms with van der Waals surface area (Å²) in [4.78, 5) is 2.80. The molecule has 1 aromatic rings. The van der Waals surface area contributed by atoms with Crippen LogP contribution in [-0.2, 0) is 6.42 Å². The van der Waals surface area contributed by atoms with Gasteiger partial charge in [0.25, 0.3) is 0 Å². The van der Waals surface area contributed by atoms with Crippen LogP contribution in [0.4, 0.5) is 5.69 Å². The fourth-order valence-electron chi connectivity index (χ4n) is 4.01. The second kappa shape index (κ2) is 5.54. The summed E-state index contributed by atoms with van der Waals surface area (Å²) in [6.45, 7) is 3.63. The summed E-state index contributed by atoms with van der Waals surface area (Å²) in [5.41, 5.74) is 9.88. The molecular formula is C17H26N2. The number of fused-ring (bicyclic) bond motifs is 1. The first-order valence-corrected chi connectivity index (χ1v) is 7.93. The molecule has 2 atom stereocenters. The summed E-state index contributed by atoms with van der Waals surface area (Å²) in [5, 5.41) is 0. The van der Waals surface area contributed by atoms with Gasteiger partial charge in [0.15, 0.2) is 0 Å². The van der Waals surface area contributed by atoms with Crippen molar-refractivity contribution < 1.29 is 0 Å². The second-order valence-electron chi connectivity index (χ2n) is 6.16. The van der Waals surface area contributed by atoms with Gasteiger partial charge in [0, 0.05) is 17.8 Å². The van der Waals surface area contributed by atoms with Crippen LogP contribution in [0.25, 0.3) is 0 Å². The van der Waals surface area contributed by atoms with Crippen molar-refractivity contribution in [3.05, 3.63) is 29.3 Å². The number of hydrogen-bond donors (Lipinski definition) is 1. The molecule has 3 rings (SSSR count). The molecule has 1 fully saturated rings. The zero-order valence-electron chi connectivity index (χ0n) is 12.1. The number of rotatable bonds is 2. The summed E-state index contributed by atoms with van der Waals surface area (Å²) in [5.74, 6) is 0. The first kappa shape index (κ1) is 13.0. The van der Waals surface area contributed by atoms with Gasteiger partial charge < -0.3 is 5.73 Å². The molecule has 2 unspecified atom stereocenters. The molecular weight excluding hydrogens is 232 g/mol. The lowest BCUT2D eigenvalue weighted by Crippen LogP contribution is -2.37. The Kier molecular flexibility index (Phi) is 3.79. The molecule has 2 nitrogen and oxygen atoms in total. The zero-order chi connectivity index (χ0) is 13.2. The molecule has 19 heavy (non-hydrogen) atoms. The van der Waals surface area contributed by atoms with Crippen LogP contribution in [-0.4, -0.2) is 17.5 Å². The van der Waals surface area contributed by atoms with E-state index in [1.807, 2.05) is 0 Å². The third kappa shape index (κ3) is 2.51. The summed E-state index contributed by atoms with van der Waals surface area (Å²) in [6, 6.07) is 7.99. The number of nitrogens with two attached hydrogens (primary N) is 1. The molecule has 0 radical (unpaired) electrons. The third-order valence-corrected chi connectivity index (χ3v) is 5.01. The molecule has 1 saturated heterocycles. The Bertz CT molecular complexity index is 441. The van der Waals surface area contributed by atoms with E-state index in [-0.39, 0.29) is 0 Å². The molecule has 0 spiro atoms. The molecule has 0 bridgehead atoms. The third-order valence-electron chi connectivity index (χ3n) is 5.01. The van der Waals surface area contributed by atoms with E-state index in [9.17, 15) is 0 Å². The molecule has 0 aromatic heterocycles. The van der Waals surface area contributed by atoms with Gasteiger partial charge in [-0.2, -0.15) is 0 Å². The minimum Gasteiger partial charge on any atom is -0.399 e. The zero-order valence-corrected chi connectivity index (χ0v) is 12.1. The lowest BCUT2D eigenvalue weighted by molar-refractivity contribution is 0.132. The van der Waals surface area contributed by atoms with E-state index in [4.69, 9.17) is 5.73 Å². The SMILES string of the molecule is CCC1CCCCCN1C1CCc2cc(N)ccc21. The molecule has 0 amide bonds. The lowest BCUT2D eigenvalue weighted by atomic mass is 10.0. The predicted octanol–water partition coefficient (Wildman–Crippen LogP) is 3.91. The number of likely N-dealkylation sites (tertiary alicyclic amines) is 1. The summed E-state index contributed by atoms with van der Waals surface area (Å²) in [7, 11) is 0. The largest absolute Gasteiger partial charge is 0.399 e. The summed E-state index contributed by atoms with van der Waals surface area (Å²) >= 11 is 0. The molecule has 1 aliphatic carbocycles. The van der Waals surface area contributed by atoms with Crippen molar-refractivity contribution in [1.82, 2.24) is 4.90 Å². The smallest absolute Gasteiger partial charge is 0.0356 e. The van der Waals surface area contributed by atoms with Gasteiger partial charge in [0.2, 0.25) is 0 Å². The van der Waals surface area contributed by atoms with E-state index in [0.29, 0.717) is 6.04 Å². The highest BCUT2D eigenvalue weighted by molar-refractivity contribution is 5.47. The number of aryl methyl sites for hydroxylation is 1. The van der Waals surface area contributed by atoms with Gasteiger partial charge in [0.05, 0.1) is 0 Å². The van der Waals surface area contributed by atoms with E-state index in [0.717, 1.165) is 11.7 Å². The van der Waals surface area contributed by atoms with E-state index >= 15 is 0 Å². The molecule has 1 aromatic carbocycles. The van der Waals surface area contributed by atoms with Crippen molar-refractivity contribution in [1.29, 1.82) is 0 Å². The van der Waals surface area contributed by atoms with Crippen LogP contribution >= 0.6 is 0 Å². The maximum atomic E-state index is 5.92. The van der Waals surface area contributed by atoms with Crippen molar-refractivity contribution in [3.63, 3.8) is 0 Å². The molecule has 1 aliphatic heterocycles. The Labute approximate surface area is 117 Å². The van der Waals surface area contributed by atoms with Crippen molar-refractivity contribution in [2.75, 3.05) is 12.3 Å². The van der Waals surface area contributed by atoms with Crippen molar-refractivity contribution in [2.24, 2.45) is 0 Å². The van der Waals surface area contributed by atoms with Crippen LogP contribution < -0.4 is 5.73 Å². The highest BCUT2D eigenvalue weighted by atomic mass is 15.2. The highest BCUT2D eigenvalue weighted by Gasteiger charge is 2.32. The van der Waals surface area contributed by atoms with Crippen LogP contribution in [0.3, 0.4) is 0 Å². The van der Waals surface area contributed by atoms with Gasteiger partial charge in [-0.3, -0.25) is 4.90 Å². The number of anilines is 1. The van der Waals surface area contributed by atoms with E-state index < -0.39 is 0 Å². The Morgan fingerprint density at radius 2 is 2.11 bits per heavy atom. The second-order valence-corrected chi connectivity index (χ2v) is 6.16. The quantitative estimate of drug-likeness (QED) is 0.815. The van der Waals surface area contributed by atoms with Gasteiger partial charge >= 0.3 is 0 Å². The van der Waals surface area contributed by atoms with E-state index in [2.05, 4.69) is 30.0 Å². The molecule has 0 saturated carbocycles. The normalized spacial score (nSPS) is 28.1. The topological polar surface area (TPSA) is 29.3 Å². The van der Waals surface area contributed by atoms with Crippen molar-refractivity contribution in [2.45, 2.75) is 64.0 Å². The first-order chi connectivity index (χ1) is 9.29. The molecule has 2 N–H and O–H groups in total. The number of nitrogens with zero attached hydrogens (tertiary/aromatic N) is 1. The maximum absolute atomic E-state index is 5.92. The fraction of sp³-hybridized carbons (Fsp3) is 0.647. The molecule has 2 aliphatic rings. The van der Waals surface area contributed by atoms with Gasteiger partial charge in [-0.05, 0) is 61.9 Å². The van der Waals surface area contributed by atoms with Gasteiger partial charge in [-0.15, -0.1) is 0 Å². The average Bonchev–Trinajstić information content (AvgIpc) is 2.68. The average molecular weight is 258 g/mol. The monoisotopic (exact) mass is 258 g/mol. The Balaban J connectivity index is 1.86. The maximum Gasteiger partial charge on any atom is 0.0356 e. The summed E-state index contributed by atoms with van der Waals surface area (Å²) in [6.07, 6.45) is 9.37. The Morgan fingerprint density at radius 1 is 1.21 bits per heavy atom. The number of benzene rings is 1. The van der Waals surface area contributed by atoms with Crippen molar-refractivity contribution in [3.8, 4) is 0 Å². The molecule has 2 heteroatoms. The lowest BCUT2D eigenvalue weighted by Gasteiger charge is -2.35. The minimum absolute atomic E-state index is 0.652. The van der Waals surface area contributed by atoms with Crippen LogP contribution in [0.5, 0.6) is 0 Å². The fourth-order valence-corrected chi connectivity index (χ4v) is 4.01. The van der Waals surface area contributed by atoms with Crippen molar-refractivity contribution >= 4 is 5.69 Å². The Morgan fingerprint density at radius 3 is 2.95 bits per heavy atom. The van der Waals surface area contributed by atoms with E-state index in [1.165, 1.54) is 57.1 Å². The number of nitrogen functional groups attached to an aromatic ring is 1. The van der Waals surface area contributed by atoms with Crippen LogP contribution in [0.1, 0.15) is 62.6 Å². The predicted molar refractivity (Wildman–Crippen MR) is 81.2 cm³/mol. The van der Waals surface area contributed by atoms with Gasteiger partial charge in [-0.1, -0.05) is 25.8 Å². The van der Waals surface area contributed by atoms with Gasteiger partial charge in [0.1, 0.15) is 0 Å². The standard InChI is InChI=1S/C17H26N2/c1-2-15-6-4-3-5-11-19(15)17-10-7-13-12-14(18)8-9-16(13)17/h8-9,12,15,17H,2-7,10-11,18H2,1H3. The molecule has 1 heterocycles. The van der Waals surface area contributed by atoms with E-state index in [1.54, 1.807) is 5.56 Å².